The first-order valence-corrected chi connectivity index (χ1v) is 12.3. The molecular weight excluding hydrogens is 496 g/mol. The standard InChI is InChI=1S/C29H28N6O4/c1-17(32-3)28(37)33-24-16-34(18(2)36)26-12-19(13-30)8-10-25(26)35(29(24)38)15-23-22-7-5-6-20(14-31)21(22)9-11-27(23)39-4/h5-12,17,24,32H,15-16H2,1-4H3,(H,33,37)/t17-,24-/m0/s1. The molecule has 2 atom stereocenters. The minimum atomic E-state index is -1.06. The van der Waals surface area contributed by atoms with Crippen molar-refractivity contribution in [3.63, 3.8) is 0 Å². The summed E-state index contributed by atoms with van der Waals surface area (Å²) in [4.78, 5) is 42.6. The van der Waals surface area contributed by atoms with Gasteiger partial charge in [0.1, 0.15) is 11.8 Å². The number of fused-ring (bicyclic) bond motifs is 2. The van der Waals surface area contributed by atoms with E-state index in [0.29, 0.717) is 39.2 Å². The summed E-state index contributed by atoms with van der Waals surface area (Å²) in [6.07, 6.45) is 0. The molecule has 0 saturated carbocycles. The molecule has 0 fully saturated rings. The Morgan fingerprint density at radius 2 is 1.87 bits per heavy atom. The largest absolute Gasteiger partial charge is 0.496 e. The zero-order valence-corrected chi connectivity index (χ0v) is 22.1. The van der Waals surface area contributed by atoms with E-state index in [-0.39, 0.29) is 19.0 Å². The SMILES string of the molecule is CN[C@@H](C)C(=O)N[C@H]1CN(C(C)=O)c2cc(C#N)ccc2N(Cc2c(OC)ccc3c(C#N)cccc23)C1=O. The van der Waals surface area contributed by atoms with Crippen LogP contribution in [0.4, 0.5) is 11.4 Å². The number of ether oxygens (including phenoxy) is 1. The molecule has 0 aliphatic carbocycles. The van der Waals surface area contributed by atoms with E-state index in [9.17, 15) is 24.9 Å². The predicted molar refractivity (Wildman–Crippen MR) is 146 cm³/mol. The van der Waals surface area contributed by atoms with Crippen LogP contribution in [0.25, 0.3) is 10.8 Å². The third-order valence-electron chi connectivity index (χ3n) is 6.92. The third-order valence-corrected chi connectivity index (χ3v) is 6.92. The summed E-state index contributed by atoms with van der Waals surface area (Å²) in [5.41, 5.74) is 2.24. The first-order valence-electron chi connectivity index (χ1n) is 12.3. The fraction of sp³-hybridized carbons (Fsp3) is 0.276. The first kappa shape index (κ1) is 27.1. The number of nitrogens with zero attached hydrogens (tertiary/aromatic N) is 4. The summed E-state index contributed by atoms with van der Waals surface area (Å²) in [6, 6.07) is 16.3. The second kappa shape index (κ2) is 11.2. The maximum atomic E-state index is 14.1. The van der Waals surface area contributed by atoms with Crippen LogP contribution in [0, 0.1) is 22.7 Å². The zero-order valence-electron chi connectivity index (χ0n) is 22.1. The normalized spacial score (nSPS) is 15.5. The summed E-state index contributed by atoms with van der Waals surface area (Å²) in [5, 5.41) is 26.3. The number of hydrogen-bond donors (Lipinski definition) is 2. The molecule has 0 spiro atoms. The molecular formula is C29H28N6O4. The Morgan fingerprint density at radius 3 is 2.51 bits per heavy atom. The molecule has 2 N–H and O–H groups in total. The van der Waals surface area contributed by atoms with Gasteiger partial charge in [0, 0.05) is 17.9 Å². The molecule has 0 unspecified atom stereocenters. The van der Waals surface area contributed by atoms with E-state index in [0.717, 1.165) is 5.39 Å². The van der Waals surface area contributed by atoms with Gasteiger partial charge in [-0.3, -0.25) is 14.4 Å². The molecule has 0 aromatic heterocycles. The van der Waals surface area contributed by atoms with E-state index in [1.54, 1.807) is 56.4 Å². The van der Waals surface area contributed by atoms with Crippen LogP contribution in [-0.4, -0.2) is 50.5 Å². The summed E-state index contributed by atoms with van der Waals surface area (Å²) in [6.45, 7) is 2.95. The van der Waals surface area contributed by atoms with Crippen molar-refractivity contribution < 1.29 is 19.1 Å². The van der Waals surface area contributed by atoms with Gasteiger partial charge in [-0.1, -0.05) is 12.1 Å². The van der Waals surface area contributed by atoms with Gasteiger partial charge in [0.15, 0.2) is 0 Å². The second-order valence-corrected chi connectivity index (χ2v) is 9.20. The molecule has 1 heterocycles. The quantitative estimate of drug-likeness (QED) is 0.505. The monoisotopic (exact) mass is 524 g/mol. The van der Waals surface area contributed by atoms with Crippen LogP contribution in [0.2, 0.25) is 0 Å². The molecule has 3 aromatic carbocycles. The summed E-state index contributed by atoms with van der Waals surface area (Å²) >= 11 is 0. The van der Waals surface area contributed by atoms with E-state index in [1.807, 2.05) is 6.07 Å². The number of nitrogens with one attached hydrogen (secondary N) is 2. The molecule has 0 radical (unpaired) electrons. The zero-order chi connectivity index (χ0) is 28.3. The van der Waals surface area contributed by atoms with Gasteiger partial charge in [0.2, 0.25) is 11.8 Å². The molecule has 3 amide bonds. The molecule has 3 aromatic rings. The van der Waals surface area contributed by atoms with E-state index in [4.69, 9.17) is 4.74 Å². The van der Waals surface area contributed by atoms with Crippen LogP contribution in [0.15, 0.2) is 48.5 Å². The van der Waals surface area contributed by atoms with Gasteiger partial charge in [-0.05, 0) is 55.8 Å². The number of nitriles is 2. The number of hydrogen-bond acceptors (Lipinski definition) is 7. The van der Waals surface area contributed by atoms with E-state index in [2.05, 4.69) is 22.8 Å². The number of likely N-dealkylation sites (N-methyl/N-ethyl adjacent to an activating group) is 1. The number of methoxy groups -OCH3 is 1. The molecule has 4 rings (SSSR count). The number of carbonyl (C=O) groups excluding carboxylic acids is 3. The Kier molecular flexibility index (Phi) is 7.80. The lowest BCUT2D eigenvalue weighted by Gasteiger charge is -2.27. The minimum Gasteiger partial charge on any atom is -0.496 e. The van der Waals surface area contributed by atoms with Crippen molar-refractivity contribution >= 4 is 39.9 Å². The van der Waals surface area contributed by atoms with Gasteiger partial charge < -0.3 is 25.2 Å². The average molecular weight is 525 g/mol. The number of carbonyl (C=O) groups is 3. The molecule has 0 bridgehead atoms. The Balaban J connectivity index is 1.92. The van der Waals surface area contributed by atoms with Gasteiger partial charge in [0.25, 0.3) is 5.91 Å². The Bertz CT molecular complexity index is 1550. The Morgan fingerprint density at radius 1 is 1.10 bits per heavy atom. The van der Waals surface area contributed by atoms with Gasteiger partial charge in [-0.25, -0.2) is 0 Å². The van der Waals surface area contributed by atoms with Crippen LogP contribution < -0.4 is 25.2 Å². The summed E-state index contributed by atoms with van der Waals surface area (Å²) in [5.74, 6) is -0.665. The molecule has 198 valence electrons. The van der Waals surface area contributed by atoms with Crippen molar-refractivity contribution in [3.8, 4) is 17.9 Å². The van der Waals surface area contributed by atoms with Crippen molar-refractivity contribution in [2.24, 2.45) is 0 Å². The van der Waals surface area contributed by atoms with Gasteiger partial charge in [0.05, 0.1) is 60.9 Å². The van der Waals surface area contributed by atoms with Gasteiger partial charge >= 0.3 is 0 Å². The maximum absolute atomic E-state index is 14.1. The lowest BCUT2D eigenvalue weighted by molar-refractivity contribution is -0.128. The highest BCUT2D eigenvalue weighted by molar-refractivity contribution is 6.08. The fourth-order valence-corrected chi connectivity index (χ4v) is 4.71. The lowest BCUT2D eigenvalue weighted by Crippen LogP contribution is -2.55. The Hall–Kier alpha value is -4.93. The van der Waals surface area contributed by atoms with Gasteiger partial charge in [-0.2, -0.15) is 10.5 Å². The summed E-state index contributed by atoms with van der Waals surface area (Å²) in [7, 11) is 3.16. The fourth-order valence-electron chi connectivity index (χ4n) is 4.71. The highest BCUT2D eigenvalue weighted by Gasteiger charge is 2.37. The van der Waals surface area contributed by atoms with Crippen molar-refractivity contribution in [1.29, 1.82) is 10.5 Å². The number of amides is 3. The van der Waals surface area contributed by atoms with E-state index < -0.39 is 23.9 Å². The van der Waals surface area contributed by atoms with E-state index >= 15 is 0 Å². The smallest absolute Gasteiger partial charge is 0.251 e. The second-order valence-electron chi connectivity index (χ2n) is 9.20. The average Bonchev–Trinajstić information content (AvgIpc) is 3.06. The predicted octanol–water partition coefficient (Wildman–Crippen LogP) is 2.58. The highest BCUT2D eigenvalue weighted by atomic mass is 16.5. The topological polar surface area (TPSA) is 139 Å². The molecule has 1 aliphatic heterocycles. The van der Waals surface area contributed by atoms with Crippen molar-refractivity contribution in [3.05, 3.63) is 65.2 Å². The van der Waals surface area contributed by atoms with Crippen LogP contribution in [0.1, 0.15) is 30.5 Å². The highest BCUT2D eigenvalue weighted by Crippen LogP contribution is 2.38. The minimum absolute atomic E-state index is 0.0207. The Labute approximate surface area is 226 Å². The number of anilines is 2. The molecule has 10 heteroatoms. The molecule has 39 heavy (non-hydrogen) atoms. The number of rotatable bonds is 6. The van der Waals surface area contributed by atoms with E-state index in [1.165, 1.54) is 23.8 Å². The van der Waals surface area contributed by atoms with Crippen LogP contribution in [-0.2, 0) is 20.9 Å². The van der Waals surface area contributed by atoms with Crippen LogP contribution in [0.3, 0.4) is 0 Å². The van der Waals surface area contributed by atoms with Crippen LogP contribution in [0.5, 0.6) is 5.75 Å². The van der Waals surface area contributed by atoms with Gasteiger partial charge in [-0.15, -0.1) is 0 Å². The van der Waals surface area contributed by atoms with Crippen molar-refractivity contribution in [1.82, 2.24) is 10.6 Å². The van der Waals surface area contributed by atoms with Crippen LogP contribution >= 0.6 is 0 Å². The molecule has 10 nitrogen and oxygen atoms in total. The summed E-state index contributed by atoms with van der Waals surface area (Å²) < 4.78 is 5.65. The molecule has 0 saturated heterocycles. The third kappa shape index (κ3) is 5.11. The lowest BCUT2D eigenvalue weighted by atomic mass is 9.98. The number of benzene rings is 3. The van der Waals surface area contributed by atoms with Crippen molar-refractivity contribution in [2.45, 2.75) is 32.5 Å². The van der Waals surface area contributed by atoms with Crippen molar-refractivity contribution in [2.75, 3.05) is 30.5 Å². The maximum Gasteiger partial charge on any atom is 0.251 e. The first-order chi connectivity index (χ1) is 18.7. The molecule has 1 aliphatic rings.